The highest BCUT2D eigenvalue weighted by Gasteiger charge is 2.07. The zero-order valence-electron chi connectivity index (χ0n) is 7.43. The van der Waals surface area contributed by atoms with Crippen molar-refractivity contribution in [2.75, 3.05) is 11.9 Å². The molecule has 5 heteroatoms. The molecule has 0 N–H and O–H groups in total. The van der Waals surface area contributed by atoms with E-state index in [9.17, 15) is 9.90 Å². The van der Waals surface area contributed by atoms with E-state index < -0.39 is 6.09 Å². The number of carboxylic acid groups (broad SMARTS) is 1. The van der Waals surface area contributed by atoms with Crippen LogP contribution in [0.5, 0.6) is 0 Å². The van der Waals surface area contributed by atoms with E-state index >= 15 is 0 Å². The van der Waals surface area contributed by atoms with Crippen LogP contribution in [-0.2, 0) is 0 Å². The van der Waals surface area contributed by atoms with Crippen molar-refractivity contribution in [2.24, 2.45) is 0 Å². The normalized spacial score (nSPS) is 10.4. The Morgan fingerprint density at radius 3 is 3.07 bits per heavy atom. The molecule has 0 aliphatic heterocycles. The number of rotatable bonds is 1. The Kier molecular flexibility index (Phi) is 2.09. The van der Waals surface area contributed by atoms with Crippen molar-refractivity contribution in [3.8, 4) is 0 Å². The second-order valence-electron chi connectivity index (χ2n) is 2.85. The lowest BCUT2D eigenvalue weighted by Gasteiger charge is -2.19. The Labute approximate surface area is 84.6 Å². The highest BCUT2D eigenvalue weighted by molar-refractivity contribution is 7.04. The van der Waals surface area contributed by atoms with Crippen LogP contribution in [0.1, 0.15) is 0 Å². The molecule has 72 valence electrons. The van der Waals surface area contributed by atoms with E-state index in [0.717, 1.165) is 10.3 Å². The summed E-state index contributed by atoms with van der Waals surface area (Å²) in [6, 6.07) is 5.40. The molecule has 0 aliphatic rings. The Balaban J connectivity index is 2.61. The van der Waals surface area contributed by atoms with Gasteiger partial charge < -0.3 is 14.8 Å². The minimum absolute atomic E-state index is 0.559. The number of carbonyl (C=O) groups is 1. The molecular weight excluding hydrogens is 200 g/mol. The number of aromatic nitrogens is 1. The van der Waals surface area contributed by atoms with Gasteiger partial charge in [0.1, 0.15) is 11.6 Å². The molecule has 0 aliphatic carbocycles. The SMILES string of the molecule is CN(C(=O)[O-])c1cccc2csnc12. The molecule has 0 saturated heterocycles. The quantitative estimate of drug-likeness (QED) is 0.703. The van der Waals surface area contributed by atoms with E-state index in [1.807, 2.05) is 11.4 Å². The average Bonchev–Trinajstić information content (AvgIpc) is 2.63. The summed E-state index contributed by atoms with van der Waals surface area (Å²) in [6.45, 7) is 0. The largest absolute Gasteiger partial charge is 0.530 e. The van der Waals surface area contributed by atoms with Crippen LogP contribution in [0.25, 0.3) is 10.9 Å². The van der Waals surface area contributed by atoms with Gasteiger partial charge >= 0.3 is 0 Å². The van der Waals surface area contributed by atoms with E-state index in [-0.39, 0.29) is 0 Å². The van der Waals surface area contributed by atoms with E-state index in [4.69, 9.17) is 0 Å². The van der Waals surface area contributed by atoms with Crippen molar-refractivity contribution in [1.29, 1.82) is 0 Å². The van der Waals surface area contributed by atoms with Gasteiger partial charge in [0.2, 0.25) is 0 Å². The first-order valence-electron chi connectivity index (χ1n) is 3.98. The highest BCUT2D eigenvalue weighted by Crippen LogP contribution is 2.25. The molecule has 0 bridgehead atoms. The van der Waals surface area contributed by atoms with E-state index in [1.54, 1.807) is 12.1 Å². The predicted octanol–water partition coefficient (Wildman–Crippen LogP) is 1.08. The molecule has 2 rings (SSSR count). The maximum atomic E-state index is 10.7. The van der Waals surface area contributed by atoms with Crippen molar-refractivity contribution < 1.29 is 9.90 Å². The van der Waals surface area contributed by atoms with Gasteiger partial charge in [0, 0.05) is 17.8 Å². The fourth-order valence-corrected chi connectivity index (χ4v) is 1.91. The van der Waals surface area contributed by atoms with Gasteiger partial charge in [-0.3, -0.25) is 0 Å². The van der Waals surface area contributed by atoms with Crippen LogP contribution < -0.4 is 10.0 Å². The van der Waals surface area contributed by atoms with Crippen molar-refractivity contribution in [3.63, 3.8) is 0 Å². The molecule has 4 nitrogen and oxygen atoms in total. The summed E-state index contributed by atoms with van der Waals surface area (Å²) in [6.07, 6.45) is -1.23. The Bertz CT molecular complexity index is 480. The smallest absolute Gasteiger partial charge is 0.141 e. The monoisotopic (exact) mass is 207 g/mol. The molecule has 0 radical (unpaired) electrons. The fraction of sp³-hybridized carbons (Fsp3) is 0.111. The van der Waals surface area contributed by atoms with Gasteiger partial charge in [0.05, 0.1) is 5.69 Å². The van der Waals surface area contributed by atoms with Gasteiger partial charge in [-0.2, -0.15) is 4.37 Å². The average molecular weight is 207 g/mol. The number of fused-ring (bicyclic) bond motifs is 1. The zero-order valence-corrected chi connectivity index (χ0v) is 8.25. The fourth-order valence-electron chi connectivity index (χ4n) is 1.25. The van der Waals surface area contributed by atoms with Crippen molar-refractivity contribution in [2.45, 2.75) is 0 Å². The minimum Gasteiger partial charge on any atom is -0.530 e. The number of carbonyl (C=O) groups excluding carboxylic acids is 1. The summed E-state index contributed by atoms with van der Waals surface area (Å²) >= 11 is 1.31. The number of anilines is 1. The first kappa shape index (κ1) is 8.96. The number of hydrogen-bond donors (Lipinski definition) is 0. The minimum atomic E-state index is -1.23. The molecular formula is C9H7N2O2S-. The lowest BCUT2D eigenvalue weighted by Crippen LogP contribution is -2.38. The van der Waals surface area contributed by atoms with Gasteiger partial charge in [0.25, 0.3) is 0 Å². The summed E-state index contributed by atoms with van der Waals surface area (Å²) < 4.78 is 4.13. The van der Waals surface area contributed by atoms with Crippen LogP contribution >= 0.6 is 11.5 Å². The Hall–Kier alpha value is -1.62. The number of amides is 1. The molecule has 0 saturated carbocycles. The lowest BCUT2D eigenvalue weighted by atomic mass is 10.2. The molecule has 14 heavy (non-hydrogen) atoms. The maximum Gasteiger partial charge on any atom is 0.141 e. The molecule has 1 amide bonds. The Morgan fingerprint density at radius 2 is 2.36 bits per heavy atom. The van der Waals surface area contributed by atoms with Gasteiger partial charge in [-0.1, -0.05) is 12.1 Å². The molecule has 1 heterocycles. The van der Waals surface area contributed by atoms with Crippen molar-refractivity contribution >= 4 is 34.2 Å². The summed E-state index contributed by atoms with van der Waals surface area (Å²) in [5, 5.41) is 13.5. The lowest BCUT2D eigenvalue weighted by molar-refractivity contribution is -0.246. The molecule has 2 aromatic rings. The maximum absolute atomic E-state index is 10.7. The molecule has 0 fully saturated rings. The van der Waals surface area contributed by atoms with Crippen LogP contribution in [0.3, 0.4) is 0 Å². The second kappa shape index (κ2) is 3.26. The topological polar surface area (TPSA) is 56.3 Å². The van der Waals surface area contributed by atoms with E-state index in [0.29, 0.717) is 11.2 Å². The predicted molar refractivity (Wildman–Crippen MR) is 53.4 cm³/mol. The van der Waals surface area contributed by atoms with Crippen molar-refractivity contribution in [3.05, 3.63) is 23.6 Å². The molecule has 0 spiro atoms. The molecule has 1 aromatic heterocycles. The van der Waals surface area contributed by atoms with Gasteiger partial charge in [-0.05, 0) is 17.6 Å². The van der Waals surface area contributed by atoms with Gasteiger partial charge in [-0.15, -0.1) is 0 Å². The Morgan fingerprint density at radius 1 is 1.57 bits per heavy atom. The number of nitrogens with zero attached hydrogens (tertiary/aromatic N) is 2. The molecule has 1 aromatic carbocycles. The third-order valence-electron chi connectivity index (χ3n) is 2.00. The summed E-state index contributed by atoms with van der Waals surface area (Å²) in [4.78, 5) is 11.7. The summed E-state index contributed by atoms with van der Waals surface area (Å²) in [5.74, 6) is 0. The van der Waals surface area contributed by atoms with Crippen molar-refractivity contribution in [1.82, 2.24) is 4.37 Å². The van der Waals surface area contributed by atoms with Crippen LogP contribution in [-0.4, -0.2) is 17.5 Å². The second-order valence-corrected chi connectivity index (χ2v) is 3.48. The standard InChI is InChI=1S/C9H8N2O2S/c1-11(9(12)13)7-4-2-3-6-5-14-10-8(6)7/h2-5H,1H3,(H,12,13)/p-1. The number of benzene rings is 1. The van der Waals surface area contributed by atoms with Gasteiger partial charge in [0.15, 0.2) is 0 Å². The third-order valence-corrected chi connectivity index (χ3v) is 2.65. The zero-order chi connectivity index (χ0) is 10.1. The van der Waals surface area contributed by atoms with Crippen LogP contribution in [0.2, 0.25) is 0 Å². The number of hydrogen-bond acceptors (Lipinski definition) is 4. The first-order chi connectivity index (χ1) is 6.70. The molecule has 0 unspecified atom stereocenters. The molecule has 0 atom stereocenters. The highest BCUT2D eigenvalue weighted by atomic mass is 32.1. The summed E-state index contributed by atoms with van der Waals surface area (Å²) in [7, 11) is 1.45. The van der Waals surface area contributed by atoms with E-state index in [2.05, 4.69) is 4.37 Å². The third kappa shape index (κ3) is 1.31. The van der Waals surface area contributed by atoms with Crippen LogP contribution in [0.15, 0.2) is 23.6 Å². The van der Waals surface area contributed by atoms with Crippen LogP contribution in [0.4, 0.5) is 10.5 Å². The van der Waals surface area contributed by atoms with Gasteiger partial charge in [-0.25, -0.2) is 0 Å². The van der Waals surface area contributed by atoms with E-state index in [1.165, 1.54) is 18.6 Å². The summed E-state index contributed by atoms with van der Waals surface area (Å²) in [5.41, 5.74) is 1.26. The first-order valence-corrected chi connectivity index (χ1v) is 4.81. The van der Waals surface area contributed by atoms with Crippen LogP contribution in [0, 0.1) is 0 Å².